The molecule has 1 aliphatic heterocycles. The van der Waals surface area contributed by atoms with E-state index in [0.29, 0.717) is 13.2 Å². The zero-order valence-corrected chi connectivity index (χ0v) is 10.0. The molecule has 5 heteroatoms. The van der Waals surface area contributed by atoms with Gasteiger partial charge in [-0.05, 0) is 26.0 Å². The van der Waals surface area contributed by atoms with Crippen LogP contribution in [0, 0.1) is 0 Å². The number of ether oxygens (including phenoxy) is 3. The highest BCUT2D eigenvalue weighted by molar-refractivity contribution is 5.81. The van der Waals surface area contributed by atoms with Gasteiger partial charge in [0.05, 0.1) is 6.61 Å². The van der Waals surface area contributed by atoms with Crippen LogP contribution in [0.1, 0.15) is 13.8 Å². The molecule has 0 radical (unpaired) electrons. The Bertz CT molecular complexity index is 297. The fraction of sp³-hybridized carbons (Fsp3) is 0.583. The van der Waals surface area contributed by atoms with Crippen molar-refractivity contribution in [3.63, 3.8) is 0 Å². The van der Waals surface area contributed by atoms with Crippen LogP contribution in [-0.2, 0) is 19.0 Å². The van der Waals surface area contributed by atoms with Crippen LogP contribution in [0.5, 0.6) is 0 Å². The fourth-order valence-corrected chi connectivity index (χ4v) is 1.38. The van der Waals surface area contributed by atoms with E-state index >= 15 is 0 Å². The van der Waals surface area contributed by atoms with Crippen molar-refractivity contribution in [2.45, 2.75) is 32.3 Å². The minimum atomic E-state index is -0.780. The summed E-state index contributed by atoms with van der Waals surface area (Å²) in [6.45, 7) is 4.41. The molecule has 1 rings (SSSR count). The van der Waals surface area contributed by atoms with Crippen molar-refractivity contribution in [2.75, 3.05) is 13.2 Å². The molecule has 3 atom stereocenters. The Morgan fingerprint density at radius 3 is 2.82 bits per heavy atom. The third-order valence-corrected chi connectivity index (χ3v) is 2.13. The van der Waals surface area contributed by atoms with Crippen LogP contribution in [0.2, 0.25) is 0 Å². The lowest BCUT2D eigenvalue weighted by Gasteiger charge is -2.27. The van der Waals surface area contributed by atoms with Crippen molar-refractivity contribution in [1.82, 2.24) is 0 Å². The second kappa shape index (κ2) is 7.21. The van der Waals surface area contributed by atoms with Crippen molar-refractivity contribution in [1.29, 1.82) is 0 Å². The molecule has 1 heterocycles. The van der Waals surface area contributed by atoms with Gasteiger partial charge < -0.3 is 19.3 Å². The van der Waals surface area contributed by atoms with Crippen LogP contribution in [0.3, 0.4) is 0 Å². The van der Waals surface area contributed by atoms with Gasteiger partial charge in [-0.2, -0.15) is 0 Å². The summed E-state index contributed by atoms with van der Waals surface area (Å²) in [6, 6.07) is 0. The van der Waals surface area contributed by atoms with Crippen LogP contribution in [0.25, 0.3) is 0 Å². The Balaban J connectivity index is 2.52. The Hall–Kier alpha value is -1.17. The van der Waals surface area contributed by atoms with Gasteiger partial charge in [-0.1, -0.05) is 6.08 Å². The minimum absolute atomic E-state index is 0.318. The summed E-state index contributed by atoms with van der Waals surface area (Å²) in [5.41, 5.74) is 0. The van der Waals surface area contributed by atoms with Crippen molar-refractivity contribution >= 4 is 5.97 Å². The van der Waals surface area contributed by atoms with Gasteiger partial charge in [0.25, 0.3) is 0 Å². The van der Waals surface area contributed by atoms with Gasteiger partial charge in [-0.25, -0.2) is 4.79 Å². The Morgan fingerprint density at radius 2 is 2.18 bits per heavy atom. The molecule has 0 aromatic heterocycles. The average molecular weight is 242 g/mol. The Labute approximate surface area is 101 Å². The van der Waals surface area contributed by atoms with Crippen LogP contribution >= 0.6 is 0 Å². The maximum atomic E-state index is 11.1. The highest BCUT2D eigenvalue weighted by atomic mass is 16.7. The first-order valence-electron chi connectivity index (χ1n) is 5.65. The molecule has 0 aliphatic carbocycles. The number of rotatable bonds is 5. The summed E-state index contributed by atoms with van der Waals surface area (Å²) >= 11 is 0. The number of aliphatic hydroxyl groups is 1. The van der Waals surface area contributed by atoms with E-state index in [1.807, 2.05) is 6.92 Å². The quantitative estimate of drug-likeness (QED) is 0.438. The molecule has 0 saturated heterocycles. The minimum Gasteiger partial charge on any atom is -0.463 e. The fourth-order valence-electron chi connectivity index (χ4n) is 1.38. The second-order valence-corrected chi connectivity index (χ2v) is 3.41. The van der Waals surface area contributed by atoms with E-state index in [9.17, 15) is 9.90 Å². The lowest BCUT2D eigenvalue weighted by Crippen LogP contribution is -2.35. The SMILES string of the molecule is CCOC(=O)/C=C\[C@H]1O[C@H](OCC)C=C[C@@H]1O. The molecular formula is C12H18O5. The second-order valence-electron chi connectivity index (χ2n) is 3.41. The van der Waals surface area contributed by atoms with Gasteiger partial charge in [0.2, 0.25) is 0 Å². The number of hydrogen-bond acceptors (Lipinski definition) is 5. The van der Waals surface area contributed by atoms with E-state index in [1.54, 1.807) is 19.1 Å². The maximum Gasteiger partial charge on any atom is 0.330 e. The molecule has 1 aliphatic rings. The molecule has 0 amide bonds. The molecule has 0 saturated carbocycles. The third kappa shape index (κ3) is 4.68. The summed E-state index contributed by atoms with van der Waals surface area (Å²) in [5.74, 6) is -0.453. The zero-order valence-electron chi connectivity index (χ0n) is 10.0. The lowest BCUT2D eigenvalue weighted by atomic mass is 10.1. The van der Waals surface area contributed by atoms with E-state index in [2.05, 4.69) is 0 Å². The molecule has 5 nitrogen and oxygen atoms in total. The molecule has 17 heavy (non-hydrogen) atoms. The third-order valence-electron chi connectivity index (χ3n) is 2.13. The predicted molar refractivity (Wildman–Crippen MR) is 61.2 cm³/mol. The maximum absolute atomic E-state index is 11.1. The molecule has 0 unspecified atom stereocenters. The van der Waals surface area contributed by atoms with E-state index in [0.717, 1.165) is 0 Å². The molecule has 0 bridgehead atoms. The smallest absolute Gasteiger partial charge is 0.330 e. The first-order valence-corrected chi connectivity index (χ1v) is 5.65. The largest absolute Gasteiger partial charge is 0.463 e. The highest BCUT2D eigenvalue weighted by Gasteiger charge is 2.23. The molecular weight excluding hydrogens is 224 g/mol. The summed E-state index contributed by atoms with van der Waals surface area (Å²) < 4.78 is 15.4. The van der Waals surface area contributed by atoms with Crippen LogP contribution in [0.15, 0.2) is 24.3 Å². The van der Waals surface area contributed by atoms with Crippen molar-refractivity contribution < 1.29 is 24.1 Å². The number of esters is 1. The first kappa shape index (κ1) is 13.9. The van der Waals surface area contributed by atoms with Crippen molar-refractivity contribution in [3.05, 3.63) is 24.3 Å². The first-order chi connectivity index (χ1) is 8.17. The summed E-state index contributed by atoms with van der Waals surface area (Å²) in [7, 11) is 0. The molecule has 0 aromatic rings. The van der Waals surface area contributed by atoms with E-state index < -0.39 is 24.5 Å². The molecule has 96 valence electrons. The summed E-state index contributed by atoms with van der Waals surface area (Å²) in [4.78, 5) is 11.1. The number of hydrogen-bond donors (Lipinski definition) is 1. The monoisotopic (exact) mass is 242 g/mol. The number of carbonyl (C=O) groups is 1. The topological polar surface area (TPSA) is 65.0 Å². The zero-order chi connectivity index (χ0) is 12.7. The average Bonchev–Trinajstić information content (AvgIpc) is 2.30. The van der Waals surface area contributed by atoms with Gasteiger partial charge >= 0.3 is 5.97 Å². The number of carbonyl (C=O) groups excluding carboxylic acids is 1. The molecule has 0 fully saturated rings. The van der Waals surface area contributed by atoms with Gasteiger partial charge in [-0.3, -0.25) is 0 Å². The lowest BCUT2D eigenvalue weighted by molar-refractivity contribution is -0.154. The van der Waals surface area contributed by atoms with E-state index in [4.69, 9.17) is 14.2 Å². The van der Waals surface area contributed by atoms with Crippen molar-refractivity contribution in [2.24, 2.45) is 0 Å². The van der Waals surface area contributed by atoms with Crippen LogP contribution < -0.4 is 0 Å². The van der Waals surface area contributed by atoms with Gasteiger partial charge in [0.15, 0.2) is 6.29 Å². The molecule has 1 N–H and O–H groups in total. The van der Waals surface area contributed by atoms with E-state index in [1.165, 1.54) is 12.2 Å². The molecule has 0 spiro atoms. The van der Waals surface area contributed by atoms with Crippen LogP contribution in [0.4, 0.5) is 0 Å². The predicted octanol–water partition coefficient (Wildman–Crippen LogP) is 0.784. The molecule has 0 aromatic carbocycles. The van der Waals surface area contributed by atoms with Crippen molar-refractivity contribution in [3.8, 4) is 0 Å². The highest BCUT2D eigenvalue weighted by Crippen LogP contribution is 2.15. The van der Waals surface area contributed by atoms with Gasteiger partial charge in [-0.15, -0.1) is 0 Å². The summed E-state index contributed by atoms with van der Waals surface area (Å²) in [5, 5.41) is 9.63. The Kier molecular flexibility index (Phi) is 5.90. The standard InChI is InChI=1S/C12H18O5/c1-3-15-11(14)7-6-10-9(13)5-8-12(17-10)16-4-2/h5-10,12-13H,3-4H2,1-2H3/b7-6-/t9-,10+,12-/m0/s1. The summed E-state index contributed by atoms with van der Waals surface area (Å²) in [6.07, 6.45) is 4.09. The normalized spacial score (nSPS) is 28.5. The Morgan fingerprint density at radius 1 is 1.41 bits per heavy atom. The van der Waals surface area contributed by atoms with Gasteiger partial charge in [0.1, 0.15) is 12.2 Å². The number of aliphatic hydroxyl groups excluding tert-OH is 1. The van der Waals surface area contributed by atoms with E-state index in [-0.39, 0.29) is 0 Å². The van der Waals surface area contributed by atoms with Gasteiger partial charge in [0, 0.05) is 12.7 Å². The van der Waals surface area contributed by atoms with Crippen LogP contribution in [-0.4, -0.2) is 42.8 Å².